The second-order valence-electron chi connectivity index (χ2n) is 4.67. The van der Waals surface area contributed by atoms with E-state index in [1.165, 1.54) is 13.2 Å². The summed E-state index contributed by atoms with van der Waals surface area (Å²) in [6, 6.07) is 2.87. The molecule has 0 aliphatic carbocycles. The molecule has 1 heterocycles. The minimum Gasteiger partial charge on any atom is -0.496 e. The van der Waals surface area contributed by atoms with E-state index in [0.717, 1.165) is 0 Å². The Morgan fingerprint density at radius 3 is 2.53 bits per heavy atom. The fraction of sp³-hybridized carbons (Fsp3) is 0.538. The van der Waals surface area contributed by atoms with E-state index < -0.39 is 5.92 Å². The summed E-state index contributed by atoms with van der Waals surface area (Å²) < 4.78 is 45.2. The number of alkyl halides is 2. The van der Waals surface area contributed by atoms with Gasteiger partial charge in [0.2, 0.25) is 0 Å². The van der Waals surface area contributed by atoms with Crippen molar-refractivity contribution in [1.82, 2.24) is 4.90 Å². The highest BCUT2D eigenvalue weighted by molar-refractivity contribution is 9.10. The van der Waals surface area contributed by atoms with Crippen LogP contribution in [0.3, 0.4) is 0 Å². The fourth-order valence-electron chi connectivity index (χ4n) is 2.18. The zero-order chi connectivity index (χ0) is 14.0. The monoisotopic (exact) mass is 337 g/mol. The summed E-state index contributed by atoms with van der Waals surface area (Å²) in [5.74, 6) is -2.39. The van der Waals surface area contributed by atoms with Gasteiger partial charge in [-0.05, 0) is 28.1 Å². The Labute approximate surface area is 118 Å². The maximum absolute atomic E-state index is 13.5. The lowest BCUT2D eigenvalue weighted by molar-refractivity contribution is -0.0567. The van der Waals surface area contributed by atoms with Gasteiger partial charge in [-0.1, -0.05) is 0 Å². The van der Waals surface area contributed by atoms with Crippen LogP contribution in [0, 0.1) is 5.82 Å². The van der Waals surface area contributed by atoms with Crippen molar-refractivity contribution < 1.29 is 17.9 Å². The SMILES string of the molecule is COc1ccc(F)c(Br)c1CN1CCC(F)(F)CC1. The van der Waals surface area contributed by atoms with Crippen LogP contribution in [0.2, 0.25) is 0 Å². The minimum atomic E-state index is -2.57. The van der Waals surface area contributed by atoms with Crippen molar-refractivity contribution in [2.24, 2.45) is 0 Å². The van der Waals surface area contributed by atoms with Gasteiger partial charge < -0.3 is 4.74 Å². The predicted octanol–water partition coefficient (Wildman–Crippen LogP) is 3.83. The first-order valence-electron chi connectivity index (χ1n) is 6.04. The average Bonchev–Trinajstić information content (AvgIpc) is 2.37. The van der Waals surface area contributed by atoms with Crippen LogP contribution in [0.25, 0.3) is 0 Å². The first-order valence-corrected chi connectivity index (χ1v) is 6.83. The van der Waals surface area contributed by atoms with Gasteiger partial charge in [0.15, 0.2) is 0 Å². The van der Waals surface area contributed by atoms with Crippen LogP contribution < -0.4 is 4.74 Å². The van der Waals surface area contributed by atoms with Crippen LogP contribution in [0.15, 0.2) is 16.6 Å². The van der Waals surface area contributed by atoms with Crippen LogP contribution in [-0.2, 0) is 6.54 Å². The number of piperidine rings is 1. The average molecular weight is 338 g/mol. The van der Waals surface area contributed by atoms with Crippen LogP contribution in [0.4, 0.5) is 13.2 Å². The molecule has 0 spiro atoms. The van der Waals surface area contributed by atoms with Crippen LogP contribution in [0.1, 0.15) is 18.4 Å². The predicted molar refractivity (Wildman–Crippen MR) is 70.1 cm³/mol. The van der Waals surface area contributed by atoms with Crippen molar-refractivity contribution in [3.8, 4) is 5.75 Å². The second-order valence-corrected chi connectivity index (χ2v) is 5.47. The van der Waals surface area contributed by atoms with E-state index in [1.54, 1.807) is 6.07 Å². The summed E-state index contributed by atoms with van der Waals surface area (Å²) in [5, 5.41) is 0. The highest BCUT2D eigenvalue weighted by atomic mass is 79.9. The molecule has 6 heteroatoms. The Bertz CT molecular complexity index is 457. The van der Waals surface area contributed by atoms with Gasteiger partial charge in [-0.15, -0.1) is 0 Å². The molecule has 1 aliphatic rings. The van der Waals surface area contributed by atoms with Crippen molar-refractivity contribution in [3.05, 3.63) is 28.0 Å². The first-order chi connectivity index (χ1) is 8.93. The molecule has 0 unspecified atom stereocenters. The quantitative estimate of drug-likeness (QED) is 0.831. The number of rotatable bonds is 3. The maximum atomic E-state index is 13.5. The standard InChI is InChI=1S/C13H15BrF3NO/c1-19-11-3-2-10(15)12(14)9(11)8-18-6-4-13(16,17)5-7-18/h2-3H,4-8H2,1H3. The summed E-state index contributed by atoms with van der Waals surface area (Å²) in [7, 11) is 1.51. The summed E-state index contributed by atoms with van der Waals surface area (Å²) >= 11 is 3.19. The molecule has 0 amide bonds. The highest BCUT2D eigenvalue weighted by Crippen LogP contribution is 2.33. The molecule has 1 saturated heterocycles. The van der Waals surface area contributed by atoms with Crippen LogP contribution in [-0.4, -0.2) is 31.0 Å². The third kappa shape index (κ3) is 3.42. The molecule has 0 saturated carbocycles. The Kier molecular flexibility index (Phi) is 4.40. The number of likely N-dealkylation sites (tertiary alicyclic amines) is 1. The summed E-state index contributed by atoms with van der Waals surface area (Å²) in [4.78, 5) is 1.89. The molecule has 0 radical (unpaired) electrons. The molecule has 0 N–H and O–H groups in total. The number of nitrogens with zero attached hydrogens (tertiary/aromatic N) is 1. The smallest absolute Gasteiger partial charge is 0.250 e. The van der Waals surface area contributed by atoms with Crippen molar-refractivity contribution in [3.63, 3.8) is 0 Å². The third-order valence-corrected chi connectivity index (χ3v) is 4.20. The Morgan fingerprint density at radius 1 is 1.32 bits per heavy atom. The van der Waals surface area contributed by atoms with E-state index in [2.05, 4.69) is 15.9 Å². The van der Waals surface area contributed by atoms with Gasteiger partial charge in [0.25, 0.3) is 5.92 Å². The first kappa shape index (κ1) is 14.7. The number of halogens is 4. The van der Waals surface area contributed by atoms with Gasteiger partial charge in [0.1, 0.15) is 11.6 Å². The van der Waals surface area contributed by atoms with Crippen molar-refractivity contribution in [1.29, 1.82) is 0 Å². The maximum Gasteiger partial charge on any atom is 0.250 e. The largest absolute Gasteiger partial charge is 0.496 e. The summed E-state index contributed by atoms with van der Waals surface area (Å²) in [5.41, 5.74) is 0.660. The van der Waals surface area contributed by atoms with Gasteiger partial charge in [-0.2, -0.15) is 0 Å². The molecule has 19 heavy (non-hydrogen) atoms. The molecule has 2 rings (SSSR count). The number of benzene rings is 1. The van der Waals surface area contributed by atoms with E-state index >= 15 is 0 Å². The minimum absolute atomic E-state index is 0.151. The molecule has 1 fully saturated rings. The van der Waals surface area contributed by atoms with E-state index in [-0.39, 0.29) is 18.7 Å². The van der Waals surface area contributed by atoms with Crippen LogP contribution in [0.5, 0.6) is 5.75 Å². The lowest BCUT2D eigenvalue weighted by atomic mass is 10.1. The number of hydrogen-bond acceptors (Lipinski definition) is 2. The zero-order valence-corrected chi connectivity index (χ0v) is 12.1. The molecule has 1 aromatic carbocycles. The van der Waals surface area contributed by atoms with Crippen LogP contribution >= 0.6 is 15.9 Å². The Balaban J connectivity index is 2.13. The lowest BCUT2D eigenvalue weighted by Gasteiger charge is -2.32. The van der Waals surface area contributed by atoms with Gasteiger partial charge in [0, 0.05) is 38.0 Å². The van der Waals surface area contributed by atoms with Gasteiger partial charge in [0.05, 0.1) is 11.6 Å². The molecule has 0 bridgehead atoms. The lowest BCUT2D eigenvalue weighted by Crippen LogP contribution is -2.39. The summed E-state index contributed by atoms with van der Waals surface area (Å²) in [6.45, 7) is 1.01. The van der Waals surface area contributed by atoms with Gasteiger partial charge in [-0.3, -0.25) is 4.90 Å². The van der Waals surface area contributed by atoms with E-state index in [9.17, 15) is 13.2 Å². The molecule has 1 aromatic rings. The van der Waals surface area contributed by atoms with E-state index in [0.29, 0.717) is 35.4 Å². The number of ether oxygens (including phenoxy) is 1. The summed E-state index contributed by atoms with van der Waals surface area (Å²) in [6.07, 6.45) is -0.301. The number of methoxy groups -OCH3 is 1. The molecule has 0 atom stereocenters. The molecular weight excluding hydrogens is 323 g/mol. The molecular formula is C13H15BrF3NO. The third-order valence-electron chi connectivity index (χ3n) is 3.34. The number of hydrogen-bond donors (Lipinski definition) is 0. The zero-order valence-electron chi connectivity index (χ0n) is 10.6. The molecule has 0 aromatic heterocycles. The normalized spacial score (nSPS) is 19.4. The van der Waals surface area contributed by atoms with E-state index in [1.807, 2.05) is 4.90 Å². The molecule has 1 aliphatic heterocycles. The fourth-order valence-corrected chi connectivity index (χ4v) is 2.63. The highest BCUT2D eigenvalue weighted by Gasteiger charge is 2.34. The van der Waals surface area contributed by atoms with Gasteiger partial charge in [-0.25, -0.2) is 13.2 Å². The van der Waals surface area contributed by atoms with Crippen molar-refractivity contribution >= 4 is 15.9 Å². The Morgan fingerprint density at radius 2 is 1.95 bits per heavy atom. The molecule has 106 valence electrons. The van der Waals surface area contributed by atoms with Crippen molar-refractivity contribution in [2.75, 3.05) is 20.2 Å². The van der Waals surface area contributed by atoms with Crippen molar-refractivity contribution in [2.45, 2.75) is 25.3 Å². The van der Waals surface area contributed by atoms with E-state index in [4.69, 9.17) is 4.74 Å². The topological polar surface area (TPSA) is 12.5 Å². The van der Waals surface area contributed by atoms with Gasteiger partial charge >= 0.3 is 0 Å². The Hall–Kier alpha value is -0.750. The molecule has 2 nitrogen and oxygen atoms in total. The second kappa shape index (κ2) is 5.71.